The lowest BCUT2D eigenvalue weighted by Gasteiger charge is -1.92. The zero-order valence-corrected chi connectivity index (χ0v) is 7.45. The van der Waals surface area contributed by atoms with Crippen molar-refractivity contribution < 1.29 is 5.41 Å². The highest BCUT2D eigenvalue weighted by atomic mass is 15.3. The van der Waals surface area contributed by atoms with Gasteiger partial charge in [0, 0.05) is 6.42 Å². The number of amidine groups is 1. The van der Waals surface area contributed by atoms with E-state index in [4.69, 9.17) is 5.41 Å². The Hall–Kier alpha value is -1.06. The number of rotatable bonds is 5. The number of hydrogen-bond donors (Lipinski definition) is 1. The van der Waals surface area contributed by atoms with Gasteiger partial charge in [0.2, 0.25) is 5.84 Å². The van der Waals surface area contributed by atoms with E-state index in [9.17, 15) is 0 Å². The fraction of sp³-hybridized carbons (Fsp3) is 0.750. The van der Waals surface area contributed by atoms with Crippen LogP contribution in [0.3, 0.4) is 0 Å². The van der Waals surface area contributed by atoms with Crippen molar-refractivity contribution in [3.63, 3.8) is 0 Å². The molecular weight excluding hydrogens is 152 g/mol. The molecule has 0 saturated heterocycles. The van der Waals surface area contributed by atoms with Crippen molar-refractivity contribution in [2.45, 2.75) is 39.0 Å². The largest absolute Gasteiger partial charge is 0.448 e. The topological polar surface area (TPSA) is 62.7 Å². The molecule has 0 unspecified atom stereocenters. The summed E-state index contributed by atoms with van der Waals surface area (Å²) in [6.45, 7) is 2.19. The summed E-state index contributed by atoms with van der Waals surface area (Å²) >= 11 is 0. The normalized spacial score (nSPS) is 15.4. The summed E-state index contributed by atoms with van der Waals surface area (Å²) in [5, 5.41) is 12.8. The minimum atomic E-state index is 0.292. The maximum atomic E-state index is 5.32. The van der Waals surface area contributed by atoms with E-state index in [1.807, 2.05) is 0 Å². The third kappa shape index (κ3) is 2.90. The Balaban J connectivity index is 2.12. The Bertz CT molecular complexity index is 217. The maximum Gasteiger partial charge on any atom is 0.448 e. The lowest BCUT2D eigenvalue weighted by Crippen LogP contribution is -2.36. The van der Waals surface area contributed by atoms with Gasteiger partial charge in [0.1, 0.15) is 0 Å². The first kappa shape index (κ1) is 9.03. The van der Waals surface area contributed by atoms with Crippen LogP contribution in [-0.4, -0.2) is 11.8 Å². The molecule has 4 nitrogen and oxygen atoms in total. The Kier molecular flexibility index (Phi) is 3.57. The summed E-state index contributed by atoms with van der Waals surface area (Å²) in [6, 6.07) is 0. The van der Waals surface area contributed by atoms with Crippen LogP contribution in [0.5, 0.6) is 0 Å². The standard InChI is InChI=1S/C8H14N4/c1-2-3-4-5-6-7-10-8(9)12-11-7/h9H,2-6H2,1H3/p+1. The average Bonchev–Trinajstić information content (AvgIpc) is 2.45. The van der Waals surface area contributed by atoms with E-state index in [-0.39, 0.29) is 0 Å². The molecule has 1 heterocycles. The maximum absolute atomic E-state index is 5.32. The molecule has 12 heavy (non-hydrogen) atoms. The van der Waals surface area contributed by atoms with Crippen molar-refractivity contribution in [3.8, 4) is 0 Å². The van der Waals surface area contributed by atoms with Gasteiger partial charge in [-0.15, -0.1) is 0 Å². The number of nitrogens with two attached hydrogens (primary N) is 1. The second kappa shape index (κ2) is 4.74. The number of guanidine groups is 1. The molecule has 1 aliphatic rings. The lowest BCUT2D eigenvalue weighted by molar-refractivity contribution is -0.116. The number of unbranched alkanes of at least 4 members (excludes halogenated alkanes) is 3. The summed E-state index contributed by atoms with van der Waals surface area (Å²) in [5.74, 6) is 1.07. The third-order valence-electron chi connectivity index (χ3n) is 1.77. The Morgan fingerprint density at radius 3 is 2.58 bits per heavy atom. The van der Waals surface area contributed by atoms with Crippen molar-refractivity contribution in [1.29, 1.82) is 0 Å². The molecule has 0 bridgehead atoms. The number of aliphatic imine (C=N–C) groups is 1. The van der Waals surface area contributed by atoms with Crippen molar-refractivity contribution in [2.24, 2.45) is 15.2 Å². The second-order valence-electron chi connectivity index (χ2n) is 2.90. The molecular formula is C8H15N4+. The van der Waals surface area contributed by atoms with Crippen LogP contribution in [0, 0.1) is 0 Å². The quantitative estimate of drug-likeness (QED) is 0.592. The summed E-state index contributed by atoms with van der Waals surface area (Å²) in [6.07, 6.45) is 5.82. The molecule has 0 fully saturated rings. The van der Waals surface area contributed by atoms with Crippen molar-refractivity contribution >= 4 is 11.8 Å². The minimum absolute atomic E-state index is 0.292. The van der Waals surface area contributed by atoms with E-state index >= 15 is 0 Å². The van der Waals surface area contributed by atoms with Crippen LogP contribution in [0.1, 0.15) is 39.0 Å². The van der Waals surface area contributed by atoms with Crippen LogP contribution < -0.4 is 5.41 Å². The van der Waals surface area contributed by atoms with Gasteiger partial charge in [0.15, 0.2) is 0 Å². The second-order valence-corrected chi connectivity index (χ2v) is 2.90. The number of azo groups is 1. The Morgan fingerprint density at radius 2 is 2.00 bits per heavy atom. The van der Waals surface area contributed by atoms with E-state index in [1.54, 1.807) is 0 Å². The van der Waals surface area contributed by atoms with E-state index in [0.717, 1.165) is 18.7 Å². The molecule has 1 aliphatic heterocycles. The predicted octanol–water partition coefficient (Wildman–Crippen LogP) is 0.936. The molecule has 0 aromatic heterocycles. The highest BCUT2D eigenvalue weighted by Gasteiger charge is 2.15. The van der Waals surface area contributed by atoms with Gasteiger partial charge in [-0.25, -0.2) is 0 Å². The van der Waals surface area contributed by atoms with Crippen molar-refractivity contribution in [2.75, 3.05) is 0 Å². The molecule has 0 aromatic carbocycles. The van der Waals surface area contributed by atoms with Gasteiger partial charge in [-0.2, -0.15) is 0 Å². The van der Waals surface area contributed by atoms with Crippen LogP contribution in [0.4, 0.5) is 0 Å². The van der Waals surface area contributed by atoms with Crippen LogP contribution in [-0.2, 0) is 0 Å². The van der Waals surface area contributed by atoms with Crippen molar-refractivity contribution in [1.82, 2.24) is 0 Å². The SMILES string of the molecule is CCCCCCC1=NC(=[NH2+])N=N1. The Labute approximate surface area is 72.3 Å². The fourth-order valence-corrected chi connectivity index (χ4v) is 1.10. The molecule has 0 aliphatic carbocycles. The van der Waals surface area contributed by atoms with Gasteiger partial charge in [-0.05, 0) is 16.5 Å². The van der Waals surface area contributed by atoms with E-state index < -0.39 is 0 Å². The molecule has 0 spiro atoms. The number of nitrogens with zero attached hydrogens (tertiary/aromatic N) is 3. The fourth-order valence-electron chi connectivity index (χ4n) is 1.10. The third-order valence-corrected chi connectivity index (χ3v) is 1.77. The first-order chi connectivity index (χ1) is 5.83. The van der Waals surface area contributed by atoms with Crippen molar-refractivity contribution in [3.05, 3.63) is 0 Å². The van der Waals surface area contributed by atoms with Crippen LogP contribution in [0.15, 0.2) is 15.2 Å². The molecule has 1 rings (SSSR count). The molecule has 0 saturated carbocycles. The van der Waals surface area contributed by atoms with Gasteiger partial charge in [0.25, 0.3) is 0 Å². The molecule has 0 amide bonds. The molecule has 0 aromatic rings. The molecule has 0 atom stereocenters. The zero-order valence-electron chi connectivity index (χ0n) is 7.45. The van der Waals surface area contributed by atoms with Gasteiger partial charge in [0.05, 0.1) is 5.11 Å². The molecule has 4 heteroatoms. The van der Waals surface area contributed by atoms with E-state index in [0.29, 0.717) is 5.96 Å². The highest BCUT2D eigenvalue weighted by molar-refractivity contribution is 5.98. The lowest BCUT2D eigenvalue weighted by atomic mass is 10.1. The first-order valence-electron chi connectivity index (χ1n) is 4.44. The first-order valence-corrected chi connectivity index (χ1v) is 4.44. The predicted molar refractivity (Wildman–Crippen MR) is 48.0 cm³/mol. The van der Waals surface area contributed by atoms with Gasteiger partial charge < -0.3 is 0 Å². The summed E-state index contributed by atoms with van der Waals surface area (Å²) in [7, 11) is 0. The van der Waals surface area contributed by atoms with Gasteiger partial charge >= 0.3 is 5.96 Å². The zero-order chi connectivity index (χ0) is 8.81. The van der Waals surface area contributed by atoms with Crippen LogP contribution in [0.25, 0.3) is 0 Å². The molecule has 0 radical (unpaired) electrons. The van der Waals surface area contributed by atoms with Crippen LogP contribution in [0.2, 0.25) is 0 Å². The van der Waals surface area contributed by atoms with Crippen LogP contribution >= 0.6 is 0 Å². The summed E-state index contributed by atoms with van der Waals surface area (Å²) < 4.78 is 0. The minimum Gasteiger partial charge on any atom is -0.283 e. The van der Waals surface area contributed by atoms with E-state index in [2.05, 4.69) is 22.1 Å². The van der Waals surface area contributed by atoms with Gasteiger partial charge in [-0.3, -0.25) is 5.41 Å². The average molecular weight is 167 g/mol. The summed E-state index contributed by atoms with van der Waals surface area (Å²) in [5.41, 5.74) is 0. The smallest absolute Gasteiger partial charge is 0.283 e. The van der Waals surface area contributed by atoms with Gasteiger partial charge in [-0.1, -0.05) is 26.2 Å². The monoisotopic (exact) mass is 167 g/mol. The number of hydrogen-bond acceptors (Lipinski definition) is 1. The highest BCUT2D eigenvalue weighted by Crippen LogP contribution is 2.07. The Morgan fingerprint density at radius 1 is 1.17 bits per heavy atom. The summed E-state index contributed by atoms with van der Waals surface area (Å²) in [4.78, 5) is 3.96. The van der Waals surface area contributed by atoms with E-state index in [1.165, 1.54) is 19.3 Å². The molecule has 2 N–H and O–H groups in total. The molecule has 66 valence electrons.